The van der Waals surface area contributed by atoms with Crippen molar-refractivity contribution in [2.45, 2.75) is 25.8 Å². The molecule has 0 radical (unpaired) electrons. The van der Waals surface area contributed by atoms with Crippen LogP contribution in [0, 0.1) is 0 Å². The third kappa shape index (κ3) is 3.04. The normalized spacial score (nSPS) is 15.8. The van der Waals surface area contributed by atoms with Gasteiger partial charge in [-0.2, -0.15) is 0 Å². The van der Waals surface area contributed by atoms with Crippen molar-refractivity contribution < 1.29 is 14.4 Å². The van der Waals surface area contributed by atoms with Gasteiger partial charge < -0.3 is 10.2 Å². The van der Waals surface area contributed by atoms with E-state index < -0.39 is 6.09 Å². The lowest BCUT2D eigenvalue weighted by Crippen LogP contribution is -2.35. The lowest BCUT2D eigenvalue weighted by Gasteiger charge is -2.20. The van der Waals surface area contributed by atoms with Gasteiger partial charge in [0.25, 0.3) is 5.91 Å². The molecule has 1 atom stereocenters. The highest BCUT2D eigenvalue weighted by Crippen LogP contribution is 2.25. The van der Waals surface area contributed by atoms with Gasteiger partial charge in [0.05, 0.1) is 11.7 Å². The second-order valence-electron chi connectivity index (χ2n) is 5.57. The molecular weight excluding hydrogens is 292 g/mol. The van der Waals surface area contributed by atoms with E-state index >= 15 is 0 Å². The molecule has 2 aromatic carbocycles. The molecule has 2 amide bonds. The van der Waals surface area contributed by atoms with Crippen molar-refractivity contribution in [3.8, 4) is 0 Å². The first-order chi connectivity index (χ1) is 11.1. The van der Waals surface area contributed by atoms with E-state index in [-0.39, 0.29) is 11.9 Å². The Hall–Kier alpha value is -2.82. The Kier molecular flexibility index (Phi) is 4.02. The zero-order chi connectivity index (χ0) is 16.4. The molecule has 1 aliphatic heterocycles. The van der Waals surface area contributed by atoms with Gasteiger partial charge >= 0.3 is 6.09 Å². The Morgan fingerprint density at radius 1 is 1.22 bits per heavy atom. The van der Waals surface area contributed by atoms with E-state index in [0.717, 1.165) is 21.4 Å². The zero-order valence-corrected chi connectivity index (χ0v) is 12.9. The van der Waals surface area contributed by atoms with Gasteiger partial charge in [-0.1, -0.05) is 49.0 Å². The molecule has 1 heterocycles. The standard InChI is InChI=1S/C18H18N2O3/c1-12-10-11-17(21)20(12)23-18(22)19-13(2)15-9-5-7-14-6-3-4-8-16(14)15/h3-9,13H,1,10-11H2,2H3,(H,19,22). The molecule has 3 rings (SSSR count). The summed E-state index contributed by atoms with van der Waals surface area (Å²) in [5, 5.41) is 5.92. The summed E-state index contributed by atoms with van der Waals surface area (Å²) in [6, 6.07) is 13.7. The summed E-state index contributed by atoms with van der Waals surface area (Å²) in [7, 11) is 0. The first kappa shape index (κ1) is 15.1. The SMILES string of the molecule is C=C1CCC(=O)N1OC(=O)NC(C)c1cccc2ccccc12. The number of nitrogens with one attached hydrogen (secondary N) is 1. The number of hydrogen-bond acceptors (Lipinski definition) is 3. The fourth-order valence-corrected chi connectivity index (χ4v) is 2.74. The van der Waals surface area contributed by atoms with E-state index in [4.69, 9.17) is 4.84 Å². The van der Waals surface area contributed by atoms with Crippen molar-refractivity contribution >= 4 is 22.8 Å². The third-order valence-electron chi connectivity index (χ3n) is 3.94. The van der Waals surface area contributed by atoms with Gasteiger partial charge in [0.15, 0.2) is 0 Å². The van der Waals surface area contributed by atoms with Crippen LogP contribution in [0.15, 0.2) is 54.7 Å². The molecule has 2 aromatic rings. The number of allylic oxidation sites excluding steroid dienone is 1. The van der Waals surface area contributed by atoms with Crippen molar-refractivity contribution in [1.82, 2.24) is 10.4 Å². The van der Waals surface area contributed by atoms with Gasteiger partial charge in [-0.3, -0.25) is 4.79 Å². The van der Waals surface area contributed by atoms with Gasteiger partial charge in [-0.25, -0.2) is 4.79 Å². The van der Waals surface area contributed by atoms with E-state index in [9.17, 15) is 9.59 Å². The summed E-state index contributed by atoms with van der Waals surface area (Å²) in [5.41, 5.74) is 1.49. The average Bonchev–Trinajstić information content (AvgIpc) is 2.86. The Morgan fingerprint density at radius 3 is 2.70 bits per heavy atom. The maximum absolute atomic E-state index is 12.0. The minimum atomic E-state index is -0.665. The van der Waals surface area contributed by atoms with E-state index in [1.54, 1.807) is 0 Å². The monoisotopic (exact) mass is 310 g/mol. The largest absolute Gasteiger partial charge is 0.432 e. The van der Waals surface area contributed by atoms with E-state index in [2.05, 4.69) is 11.9 Å². The van der Waals surface area contributed by atoms with Crippen molar-refractivity contribution in [3.05, 3.63) is 60.3 Å². The molecule has 1 N–H and O–H groups in total. The van der Waals surface area contributed by atoms with Crippen LogP contribution in [0.3, 0.4) is 0 Å². The van der Waals surface area contributed by atoms with Gasteiger partial charge in [-0.15, -0.1) is 5.06 Å². The van der Waals surface area contributed by atoms with Crippen molar-refractivity contribution in [2.24, 2.45) is 0 Å². The van der Waals surface area contributed by atoms with Crippen LogP contribution in [0.2, 0.25) is 0 Å². The quantitative estimate of drug-likeness (QED) is 0.941. The first-order valence-corrected chi connectivity index (χ1v) is 7.53. The van der Waals surface area contributed by atoms with Crippen LogP contribution in [0.4, 0.5) is 4.79 Å². The average molecular weight is 310 g/mol. The predicted molar refractivity (Wildman–Crippen MR) is 87.2 cm³/mol. The van der Waals surface area contributed by atoms with Gasteiger partial charge in [0, 0.05) is 6.42 Å². The summed E-state index contributed by atoms with van der Waals surface area (Å²) < 4.78 is 0. The minimum Gasteiger partial charge on any atom is -0.314 e. The Morgan fingerprint density at radius 2 is 1.96 bits per heavy atom. The van der Waals surface area contributed by atoms with Crippen LogP contribution in [-0.4, -0.2) is 17.1 Å². The number of carbonyl (C=O) groups is 2. The molecule has 5 heteroatoms. The number of rotatable bonds is 3. The van der Waals surface area contributed by atoms with Gasteiger partial charge in [-0.05, 0) is 29.7 Å². The molecule has 0 saturated carbocycles. The molecule has 0 aliphatic carbocycles. The van der Waals surface area contributed by atoms with E-state index in [1.165, 1.54) is 0 Å². The maximum atomic E-state index is 12.0. The molecule has 118 valence electrons. The number of hydroxylamine groups is 2. The first-order valence-electron chi connectivity index (χ1n) is 7.53. The Labute approximate surface area is 134 Å². The fraction of sp³-hybridized carbons (Fsp3) is 0.222. The van der Waals surface area contributed by atoms with Gasteiger partial charge in [0.2, 0.25) is 0 Å². The second kappa shape index (κ2) is 6.12. The summed E-state index contributed by atoms with van der Waals surface area (Å²) >= 11 is 0. The molecule has 0 aromatic heterocycles. The van der Waals surface area contributed by atoms with Crippen LogP contribution >= 0.6 is 0 Å². The molecule has 1 fully saturated rings. The number of benzene rings is 2. The highest BCUT2D eigenvalue weighted by Gasteiger charge is 2.28. The smallest absolute Gasteiger partial charge is 0.314 e. The molecule has 1 aliphatic rings. The van der Waals surface area contributed by atoms with Crippen LogP contribution < -0.4 is 5.32 Å². The number of hydrogen-bond donors (Lipinski definition) is 1. The third-order valence-corrected chi connectivity index (χ3v) is 3.94. The van der Waals surface area contributed by atoms with Crippen LogP contribution in [0.1, 0.15) is 31.4 Å². The molecule has 0 bridgehead atoms. The molecule has 5 nitrogen and oxygen atoms in total. The van der Waals surface area contributed by atoms with Crippen LogP contribution in [-0.2, 0) is 9.63 Å². The number of carbonyl (C=O) groups excluding carboxylic acids is 2. The maximum Gasteiger partial charge on any atom is 0.432 e. The Bertz CT molecular complexity index is 763. The number of nitrogens with zero attached hydrogens (tertiary/aromatic N) is 1. The fourth-order valence-electron chi connectivity index (χ4n) is 2.74. The van der Waals surface area contributed by atoms with Crippen LogP contribution in [0.25, 0.3) is 10.8 Å². The second-order valence-corrected chi connectivity index (χ2v) is 5.57. The van der Waals surface area contributed by atoms with E-state index in [1.807, 2.05) is 49.4 Å². The molecular formula is C18H18N2O3. The Balaban J connectivity index is 1.73. The summed E-state index contributed by atoms with van der Waals surface area (Å²) in [6.45, 7) is 5.60. The zero-order valence-electron chi connectivity index (χ0n) is 12.9. The molecule has 23 heavy (non-hydrogen) atoms. The summed E-state index contributed by atoms with van der Waals surface area (Å²) in [5.74, 6) is -0.247. The highest BCUT2D eigenvalue weighted by molar-refractivity contribution is 5.86. The molecule has 0 spiro atoms. The lowest BCUT2D eigenvalue weighted by atomic mass is 10.00. The minimum absolute atomic E-state index is 0.247. The van der Waals surface area contributed by atoms with Gasteiger partial charge in [0.1, 0.15) is 0 Å². The highest BCUT2D eigenvalue weighted by atomic mass is 16.7. The van der Waals surface area contributed by atoms with Crippen molar-refractivity contribution in [1.29, 1.82) is 0 Å². The van der Waals surface area contributed by atoms with Crippen LogP contribution in [0.5, 0.6) is 0 Å². The molecule has 1 saturated heterocycles. The molecule has 1 unspecified atom stereocenters. The summed E-state index contributed by atoms with van der Waals surface area (Å²) in [6.07, 6.45) is 0.178. The number of amides is 2. The topological polar surface area (TPSA) is 58.6 Å². The summed E-state index contributed by atoms with van der Waals surface area (Å²) in [4.78, 5) is 28.7. The number of fused-ring (bicyclic) bond motifs is 1. The van der Waals surface area contributed by atoms with E-state index in [0.29, 0.717) is 18.5 Å². The lowest BCUT2D eigenvalue weighted by molar-refractivity contribution is -0.152. The predicted octanol–water partition coefficient (Wildman–Crippen LogP) is 3.68. The van der Waals surface area contributed by atoms with Crippen molar-refractivity contribution in [3.63, 3.8) is 0 Å². The van der Waals surface area contributed by atoms with Crippen molar-refractivity contribution in [2.75, 3.05) is 0 Å².